The summed E-state index contributed by atoms with van der Waals surface area (Å²) in [6.45, 7) is 55.7. The maximum absolute atomic E-state index is 7.16. The van der Waals surface area contributed by atoms with E-state index in [1.807, 2.05) is 0 Å². The summed E-state index contributed by atoms with van der Waals surface area (Å²) in [6.07, 6.45) is 0. The average Bonchev–Trinajstić information content (AvgIpc) is 3.23. The highest BCUT2D eigenvalue weighted by molar-refractivity contribution is 7.27. The maximum Gasteiger partial charge on any atom is 0.275 e. The van der Waals surface area contributed by atoms with Gasteiger partial charge in [-0.3, -0.25) is 0 Å². The molecule has 0 atom stereocenters. The second-order valence-corrected chi connectivity index (χ2v) is 29.3. The zero-order valence-corrected chi connectivity index (χ0v) is 49.7. The van der Waals surface area contributed by atoms with E-state index in [0.717, 1.165) is 33.8 Å². The van der Waals surface area contributed by atoms with Gasteiger partial charge in [-0.1, -0.05) is 263 Å². The Hall–Kier alpha value is -4.65. The molecule has 0 aromatic heterocycles. The molecular weight excluding hydrogens is 880 g/mol. The van der Waals surface area contributed by atoms with Crippen LogP contribution < -0.4 is 9.05 Å². The molecule has 0 unspecified atom stereocenters. The van der Waals surface area contributed by atoms with Gasteiger partial charge in [0.05, 0.1) is 0 Å². The summed E-state index contributed by atoms with van der Waals surface area (Å²) in [6, 6.07) is 41.7. The Labute approximate surface area is 435 Å². The number of rotatable bonds is 8. The van der Waals surface area contributed by atoms with E-state index in [2.05, 4.69) is 275 Å². The van der Waals surface area contributed by atoms with E-state index in [1.54, 1.807) is 0 Å². The Morgan fingerprint density at radius 1 is 0.254 bits per heavy atom. The minimum Gasteiger partial charge on any atom is -0.440 e. The minimum absolute atomic E-state index is 0.00952. The summed E-state index contributed by atoms with van der Waals surface area (Å²) in [4.78, 5) is 0. The third-order valence-corrected chi connectivity index (χ3v) is 14.9. The average molecular weight is 971 g/mol. The first-order valence-corrected chi connectivity index (χ1v) is 27.1. The lowest BCUT2D eigenvalue weighted by molar-refractivity contribution is 0.517. The van der Waals surface area contributed by atoms with Gasteiger partial charge in [0.1, 0.15) is 11.5 Å². The van der Waals surface area contributed by atoms with E-state index in [9.17, 15) is 0 Å². The Morgan fingerprint density at radius 3 is 0.732 bits per heavy atom. The van der Waals surface area contributed by atoms with Crippen LogP contribution in [0.3, 0.4) is 0 Å². The van der Waals surface area contributed by atoms with Crippen LogP contribution in [0.15, 0.2) is 109 Å². The summed E-state index contributed by atoms with van der Waals surface area (Å²) in [5, 5.41) is 0. The van der Waals surface area contributed by atoms with Crippen molar-refractivity contribution in [2.45, 2.75) is 209 Å². The zero-order chi connectivity index (χ0) is 53.2. The molecule has 0 amide bonds. The predicted octanol–water partition coefficient (Wildman–Crippen LogP) is 20.7. The van der Waals surface area contributed by atoms with E-state index < -0.39 is 0 Å². The van der Waals surface area contributed by atoms with Gasteiger partial charge in [-0.15, -0.1) is 0 Å². The first-order valence-electron chi connectivity index (χ1n) is 26.3. The van der Waals surface area contributed by atoms with Crippen molar-refractivity contribution in [3.8, 4) is 56.0 Å². The van der Waals surface area contributed by atoms with E-state index >= 15 is 0 Å². The van der Waals surface area contributed by atoms with Crippen LogP contribution in [0, 0.1) is 0 Å². The molecule has 3 heteroatoms. The van der Waals surface area contributed by atoms with Gasteiger partial charge in [-0.2, -0.15) is 0 Å². The van der Waals surface area contributed by atoms with E-state index in [-0.39, 0.29) is 52.4 Å². The van der Waals surface area contributed by atoms with Crippen LogP contribution in [0.1, 0.15) is 211 Å². The molecule has 6 aromatic carbocycles. The summed E-state index contributed by atoms with van der Waals surface area (Å²) in [7, 11) is -0.325. The largest absolute Gasteiger partial charge is 0.440 e. The van der Waals surface area contributed by atoms with Crippen molar-refractivity contribution in [1.29, 1.82) is 0 Å². The topological polar surface area (TPSA) is 18.5 Å². The monoisotopic (exact) mass is 971 g/mol. The molecule has 0 aliphatic rings. The minimum atomic E-state index is -0.325. The van der Waals surface area contributed by atoms with Crippen LogP contribution in [-0.4, -0.2) is 0 Å². The molecule has 0 saturated carbocycles. The van der Waals surface area contributed by atoms with Crippen LogP contribution in [0.2, 0.25) is 0 Å². The first-order chi connectivity index (χ1) is 32.3. The fourth-order valence-corrected chi connectivity index (χ4v) is 10.3. The second-order valence-electron chi connectivity index (χ2n) is 28.7. The molecule has 0 fully saturated rings. The van der Waals surface area contributed by atoms with Crippen molar-refractivity contribution in [1.82, 2.24) is 0 Å². The molecule has 6 rings (SSSR count). The van der Waals surface area contributed by atoms with Crippen molar-refractivity contribution in [3.05, 3.63) is 154 Å². The summed E-state index contributed by atoms with van der Waals surface area (Å²) < 4.78 is 14.3. The van der Waals surface area contributed by atoms with Gasteiger partial charge in [-0.25, -0.2) is 0 Å². The molecule has 0 heterocycles. The fourth-order valence-electron chi connectivity index (χ4n) is 9.78. The molecule has 0 aliphatic heterocycles. The highest BCUT2D eigenvalue weighted by atomic mass is 31.1. The van der Waals surface area contributed by atoms with E-state index in [1.165, 1.54) is 66.8 Å². The molecule has 0 aliphatic carbocycles. The van der Waals surface area contributed by atoms with Crippen molar-refractivity contribution in [2.24, 2.45) is 0 Å². The molecule has 0 bridgehead atoms. The summed E-state index contributed by atoms with van der Waals surface area (Å²) in [5.41, 5.74) is 19.4. The highest BCUT2D eigenvalue weighted by Gasteiger charge is 2.32. The van der Waals surface area contributed by atoms with Gasteiger partial charge in [0.25, 0.3) is 9.03 Å². The molecule has 2 nitrogen and oxygen atoms in total. The van der Waals surface area contributed by atoms with Gasteiger partial charge in [0.15, 0.2) is 0 Å². The lowest BCUT2D eigenvalue weighted by atomic mass is 9.74. The van der Waals surface area contributed by atoms with Crippen LogP contribution in [0.4, 0.5) is 0 Å². The lowest BCUT2D eigenvalue weighted by Crippen LogP contribution is -2.18. The second kappa shape index (κ2) is 19.3. The fraction of sp³-hybridized carbons (Fsp3) is 0.471. The SMILES string of the molecule is CC(C)(C)c1ccc(-c2cccc(OPOc3cccc(-c4ccc(C(C)(C)C)cc4C(C)(C)C)c3-c3ccc(C(C)(C)C)cc3C(C)(C)C)c2-c2ccc(C(C)(C)C)cc2C(C)(C)C)c(C(C)(C)C)c1. The highest BCUT2D eigenvalue weighted by Crippen LogP contribution is 2.51. The molecule has 0 saturated heterocycles. The van der Waals surface area contributed by atoms with Gasteiger partial charge < -0.3 is 9.05 Å². The van der Waals surface area contributed by atoms with Crippen molar-refractivity contribution < 1.29 is 9.05 Å². The maximum atomic E-state index is 7.16. The van der Waals surface area contributed by atoms with Crippen LogP contribution >= 0.6 is 9.03 Å². The molecule has 0 N–H and O–H groups in total. The van der Waals surface area contributed by atoms with Crippen molar-refractivity contribution in [3.63, 3.8) is 0 Å². The third-order valence-electron chi connectivity index (χ3n) is 14.2. The molecule has 71 heavy (non-hydrogen) atoms. The Kier molecular flexibility index (Phi) is 15.1. The third kappa shape index (κ3) is 12.4. The normalized spacial score (nSPS) is 13.4. The number of hydrogen-bond donors (Lipinski definition) is 0. The quantitative estimate of drug-likeness (QED) is 0.142. The zero-order valence-electron chi connectivity index (χ0n) is 48.7. The Balaban J connectivity index is 1.62. The van der Waals surface area contributed by atoms with Gasteiger partial charge >= 0.3 is 0 Å². The van der Waals surface area contributed by atoms with E-state index in [0.29, 0.717) is 0 Å². The Bertz CT molecular complexity index is 2690. The lowest BCUT2D eigenvalue weighted by Gasteiger charge is -2.31. The van der Waals surface area contributed by atoms with Crippen molar-refractivity contribution in [2.75, 3.05) is 0 Å². The molecule has 380 valence electrons. The predicted molar refractivity (Wildman–Crippen MR) is 314 cm³/mol. The van der Waals surface area contributed by atoms with E-state index in [4.69, 9.17) is 9.05 Å². The molecular formula is C68H91O2P. The number of hydrogen-bond acceptors (Lipinski definition) is 2. The van der Waals surface area contributed by atoms with Gasteiger partial charge in [0, 0.05) is 11.1 Å². The molecule has 0 spiro atoms. The van der Waals surface area contributed by atoms with Crippen LogP contribution in [0.5, 0.6) is 11.5 Å². The molecule has 6 aromatic rings. The van der Waals surface area contributed by atoms with Gasteiger partial charge in [0.2, 0.25) is 0 Å². The summed E-state index contributed by atoms with van der Waals surface area (Å²) in [5.74, 6) is 1.62. The number of benzene rings is 6. The smallest absolute Gasteiger partial charge is 0.275 e. The van der Waals surface area contributed by atoms with Crippen LogP contribution in [-0.2, 0) is 43.3 Å². The standard InChI is InChI=1S/C68H91O2P/c1-61(2,3)43-31-35-47(53(39-43)65(13,14)15)49-27-25-29-57(59(49)51-37-33-45(63(7,8)9)41-55(51)67(19,20)21)69-71-70-58-30-26-28-50(48-36-32-44(62(4,5)6)40-54(48)66(16,17)18)60(58)52-38-34-46(64(10,11)12)42-56(52)68(22,23)24/h25-42,71H,1-24H3. The Morgan fingerprint density at radius 2 is 0.493 bits per heavy atom. The first kappa shape index (κ1) is 55.7. The van der Waals surface area contributed by atoms with Crippen molar-refractivity contribution >= 4 is 9.03 Å². The van der Waals surface area contributed by atoms with Gasteiger partial charge in [-0.05, 0) is 133 Å². The van der Waals surface area contributed by atoms with Crippen LogP contribution in [0.25, 0.3) is 44.5 Å². The summed E-state index contributed by atoms with van der Waals surface area (Å²) >= 11 is 0. The molecule has 0 radical (unpaired) electrons.